The smallest absolute Gasteiger partial charge is 0.312 e. The van der Waals surface area contributed by atoms with E-state index in [9.17, 15) is 4.79 Å². The Morgan fingerprint density at radius 2 is 2.04 bits per heavy atom. The quantitative estimate of drug-likeness (QED) is 0.788. The van der Waals surface area contributed by atoms with Gasteiger partial charge in [0.1, 0.15) is 12.0 Å². The lowest BCUT2D eigenvalue weighted by Crippen LogP contribution is -2.46. The van der Waals surface area contributed by atoms with Crippen molar-refractivity contribution in [1.29, 1.82) is 0 Å². The average Bonchev–Trinajstić information content (AvgIpc) is 3.10. The van der Waals surface area contributed by atoms with Crippen LogP contribution in [-0.2, 0) is 30.4 Å². The van der Waals surface area contributed by atoms with E-state index in [0.717, 1.165) is 5.56 Å². The van der Waals surface area contributed by atoms with E-state index < -0.39 is 5.79 Å². The summed E-state index contributed by atoms with van der Waals surface area (Å²) in [4.78, 5) is 17.9. The molecule has 2 aliphatic rings. The molecule has 2 aliphatic heterocycles. The third-order valence-corrected chi connectivity index (χ3v) is 4.26. The van der Waals surface area contributed by atoms with Crippen molar-refractivity contribution < 1.29 is 23.8 Å². The van der Waals surface area contributed by atoms with Crippen LogP contribution in [0.25, 0.3) is 0 Å². The Kier molecular flexibility index (Phi) is 4.68. The van der Waals surface area contributed by atoms with Crippen molar-refractivity contribution in [1.82, 2.24) is 5.06 Å². The van der Waals surface area contributed by atoms with Crippen LogP contribution in [0.15, 0.2) is 30.3 Å². The summed E-state index contributed by atoms with van der Waals surface area (Å²) >= 11 is 0. The summed E-state index contributed by atoms with van der Waals surface area (Å²) in [6.07, 6.45) is -0.236. The number of hydrogen-bond acceptors (Lipinski definition) is 6. The molecule has 3 rings (SSSR count). The van der Waals surface area contributed by atoms with E-state index in [1.54, 1.807) is 0 Å². The molecule has 0 aliphatic carbocycles. The summed E-state index contributed by atoms with van der Waals surface area (Å²) < 4.78 is 16.6. The van der Waals surface area contributed by atoms with Crippen LogP contribution in [0.2, 0.25) is 0 Å². The second kappa shape index (κ2) is 6.57. The number of methoxy groups -OCH3 is 1. The van der Waals surface area contributed by atoms with E-state index in [-0.39, 0.29) is 24.0 Å². The number of hydroxylamine groups is 2. The minimum atomic E-state index is -0.646. The molecule has 1 aromatic carbocycles. The molecule has 0 N–H and O–H groups in total. The monoisotopic (exact) mass is 321 g/mol. The van der Waals surface area contributed by atoms with Gasteiger partial charge < -0.3 is 14.2 Å². The molecule has 0 aromatic heterocycles. The fourth-order valence-corrected chi connectivity index (χ4v) is 3.16. The fourth-order valence-electron chi connectivity index (χ4n) is 3.16. The molecule has 3 atom stereocenters. The lowest BCUT2D eigenvalue weighted by molar-refractivity contribution is -0.183. The van der Waals surface area contributed by atoms with E-state index in [1.807, 2.05) is 49.2 Å². The number of benzene rings is 1. The van der Waals surface area contributed by atoms with Crippen LogP contribution in [0.4, 0.5) is 0 Å². The number of nitrogens with zero attached hydrogens (tertiary/aromatic N) is 1. The van der Waals surface area contributed by atoms with Gasteiger partial charge in [-0.1, -0.05) is 30.3 Å². The molecule has 6 nitrogen and oxygen atoms in total. The van der Waals surface area contributed by atoms with E-state index in [1.165, 1.54) is 7.11 Å². The molecule has 126 valence electrons. The van der Waals surface area contributed by atoms with Crippen LogP contribution in [0.5, 0.6) is 0 Å². The van der Waals surface area contributed by atoms with Gasteiger partial charge in [0.2, 0.25) is 0 Å². The van der Waals surface area contributed by atoms with E-state index in [0.29, 0.717) is 19.8 Å². The Balaban J connectivity index is 1.79. The number of carbonyl (C=O) groups is 1. The summed E-state index contributed by atoms with van der Waals surface area (Å²) in [5.74, 6) is -1.31. The molecule has 2 fully saturated rings. The Morgan fingerprint density at radius 1 is 1.30 bits per heavy atom. The van der Waals surface area contributed by atoms with E-state index in [4.69, 9.17) is 19.0 Å². The summed E-state index contributed by atoms with van der Waals surface area (Å²) in [5, 5.41) is 1.83. The van der Waals surface area contributed by atoms with Crippen molar-refractivity contribution in [2.45, 2.75) is 38.3 Å². The van der Waals surface area contributed by atoms with Crippen molar-refractivity contribution in [3.05, 3.63) is 35.9 Å². The van der Waals surface area contributed by atoms with Gasteiger partial charge in [-0.05, 0) is 19.4 Å². The highest BCUT2D eigenvalue weighted by molar-refractivity contribution is 5.73. The summed E-state index contributed by atoms with van der Waals surface area (Å²) in [7, 11) is 1.40. The maximum Gasteiger partial charge on any atom is 0.312 e. The fraction of sp³-hybridized carbons (Fsp3) is 0.588. The average molecular weight is 321 g/mol. The number of ether oxygens (including phenoxy) is 3. The molecule has 0 unspecified atom stereocenters. The molecule has 0 amide bonds. The second-order valence-corrected chi connectivity index (χ2v) is 6.34. The zero-order valence-corrected chi connectivity index (χ0v) is 13.7. The van der Waals surface area contributed by atoms with Gasteiger partial charge in [-0.2, -0.15) is 5.06 Å². The zero-order chi connectivity index (χ0) is 16.4. The third kappa shape index (κ3) is 3.55. The highest BCUT2D eigenvalue weighted by Gasteiger charge is 2.50. The second-order valence-electron chi connectivity index (χ2n) is 6.34. The molecule has 6 heteroatoms. The Labute approximate surface area is 136 Å². The number of rotatable bonds is 4. The first-order chi connectivity index (χ1) is 11.0. The first-order valence-corrected chi connectivity index (χ1v) is 7.83. The molecular weight excluding hydrogens is 298 g/mol. The molecular formula is C17H23NO5. The molecule has 0 saturated carbocycles. The Hall–Kier alpha value is -1.47. The van der Waals surface area contributed by atoms with Gasteiger partial charge in [-0.15, -0.1) is 0 Å². The molecule has 2 saturated heterocycles. The molecule has 23 heavy (non-hydrogen) atoms. The minimum absolute atomic E-state index is 0.232. The molecule has 1 aromatic rings. The van der Waals surface area contributed by atoms with Crippen LogP contribution < -0.4 is 0 Å². The standard InChI is InChI=1S/C17H23NO5/c1-17(2)21-11-14(23-17)15-13(16(19)20-3)10-22-18(15)9-12-7-5-4-6-8-12/h4-8,13-15H,9-11H2,1-3H3/t13-,14+,15-/m0/s1. The predicted molar refractivity (Wildman–Crippen MR) is 82.1 cm³/mol. The van der Waals surface area contributed by atoms with Crippen molar-refractivity contribution >= 4 is 5.97 Å². The van der Waals surface area contributed by atoms with Crippen LogP contribution in [0.3, 0.4) is 0 Å². The van der Waals surface area contributed by atoms with Crippen molar-refractivity contribution in [2.75, 3.05) is 20.3 Å². The van der Waals surface area contributed by atoms with Gasteiger partial charge in [-0.3, -0.25) is 9.63 Å². The highest BCUT2D eigenvalue weighted by Crippen LogP contribution is 2.34. The van der Waals surface area contributed by atoms with Gasteiger partial charge in [0.25, 0.3) is 0 Å². The van der Waals surface area contributed by atoms with Crippen LogP contribution in [-0.4, -0.2) is 49.3 Å². The molecule has 0 spiro atoms. The Morgan fingerprint density at radius 3 is 2.65 bits per heavy atom. The largest absolute Gasteiger partial charge is 0.469 e. The van der Waals surface area contributed by atoms with Crippen LogP contribution in [0.1, 0.15) is 19.4 Å². The minimum Gasteiger partial charge on any atom is -0.469 e. The maximum absolute atomic E-state index is 12.1. The van der Waals surface area contributed by atoms with Crippen molar-refractivity contribution in [2.24, 2.45) is 5.92 Å². The lowest BCUT2D eigenvalue weighted by atomic mass is 9.96. The maximum atomic E-state index is 12.1. The number of esters is 1. The SMILES string of the molecule is COC(=O)[C@H]1CON(Cc2ccccc2)[C@@H]1[C@H]1COC(C)(C)O1. The summed E-state index contributed by atoms with van der Waals surface area (Å²) in [6, 6.07) is 9.76. The van der Waals surface area contributed by atoms with Crippen LogP contribution >= 0.6 is 0 Å². The molecule has 2 heterocycles. The Bertz CT molecular complexity index is 547. The topological polar surface area (TPSA) is 57.2 Å². The predicted octanol–water partition coefficient (Wildman–Crippen LogP) is 1.74. The first-order valence-electron chi connectivity index (χ1n) is 7.83. The third-order valence-electron chi connectivity index (χ3n) is 4.26. The highest BCUT2D eigenvalue weighted by atomic mass is 16.8. The lowest BCUT2D eigenvalue weighted by Gasteiger charge is -2.29. The molecule has 0 bridgehead atoms. The van der Waals surface area contributed by atoms with Gasteiger partial charge in [-0.25, -0.2) is 0 Å². The van der Waals surface area contributed by atoms with Gasteiger partial charge in [0.05, 0.1) is 26.4 Å². The zero-order valence-electron chi connectivity index (χ0n) is 13.7. The van der Waals surface area contributed by atoms with Crippen molar-refractivity contribution in [3.8, 4) is 0 Å². The van der Waals surface area contributed by atoms with Gasteiger partial charge in [0.15, 0.2) is 5.79 Å². The first kappa shape index (κ1) is 16.4. The van der Waals surface area contributed by atoms with Gasteiger partial charge >= 0.3 is 5.97 Å². The van der Waals surface area contributed by atoms with Gasteiger partial charge in [0, 0.05) is 6.54 Å². The van der Waals surface area contributed by atoms with Crippen LogP contribution in [0, 0.1) is 5.92 Å². The normalized spacial score (nSPS) is 30.5. The summed E-state index contributed by atoms with van der Waals surface area (Å²) in [6.45, 7) is 5.05. The number of carbonyl (C=O) groups excluding carboxylic acids is 1. The van der Waals surface area contributed by atoms with E-state index in [2.05, 4.69) is 0 Å². The number of hydrogen-bond donors (Lipinski definition) is 0. The molecule has 0 radical (unpaired) electrons. The van der Waals surface area contributed by atoms with Crippen molar-refractivity contribution in [3.63, 3.8) is 0 Å². The van der Waals surface area contributed by atoms with E-state index >= 15 is 0 Å². The summed E-state index contributed by atoms with van der Waals surface area (Å²) in [5.41, 5.74) is 1.11.